The van der Waals surface area contributed by atoms with Gasteiger partial charge in [-0.3, -0.25) is 4.79 Å². The van der Waals surface area contributed by atoms with Gasteiger partial charge in [-0.05, 0) is 26.3 Å². The molecule has 3 heterocycles. The third-order valence-electron chi connectivity index (χ3n) is 5.10. The van der Waals surface area contributed by atoms with Gasteiger partial charge in [0.05, 0.1) is 5.92 Å². The van der Waals surface area contributed by atoms with Crippen LogP contribution in [0.15, 0.2) is 6.07 Å². The molecule has 0 saturated carbocycles. The second kappa shape index (κ2) is 7.34. The van der Waals surface area contributed by atoms with Crippen molar-refractivity contribution in [2.45, 2.75) is 26.7 Å². The summed E-state index contributed by atoms with van der Waals surface area (Å²) in [6.45, 7) is 10.8. The molecule has 2 saturated heterocycles. The monoisotopic (exact) mass is 333 g/mol. The normalized spacial score (nSPS) is 20.4. The number of aliphatic carboxylic acids is 1. The fourth-order valence-electron chi connectivity index (χ4n) is 3.46. The summed E-state index contributed by atoms with van der Waals surface area (Å²) in [5.74, 6) is 0.842. The van der Waals surface area contributed by atoms with Crippen LogP contribution in [-0.2, 0) is 4.79 Å². The molecular weight excluding hydrogens is 306 g/mol. The molecule has 0 aliphatic carbocycles. The van der Waals surface area contributed by atoms with Crippen LogP contribution in [0.3, 0.4) is 0 Å². The van der Waals surface area contributed by atoms with Crippen molar-refractivity contribution in [1.82, 2.24) is 14.9 Å². The molecule has 1 aromatic rings. The second-order valence-electron chi connectivity index (χ2n) is 6.69. The Morgan fingerprint density at radius 1 is 1.12 bits per heavy atom. The molecule has 0 atom stereocenters. The standard InChI is InChI=1S/C17H27N5O2/c1-3-20-8-10-22(11-9-20)17-18-13(2)12-15(19-17)21-6-4-14(5-7-21)16(23)24/h12,14H,3-11H2,1-2H3,(H,23,24). The number of nitrogens with zero attached hydrogens (tertiary/aromatic N) is 5. The van der Waals surface area contributed by atoms with Gasteiger partial charge in [-0.15, -0.1) is 0 Å². The third kappa shape index (κ3) is 3.77. The Hall–Kier alpha value is -1.89. The van der Waals surface area contributed by atoms with E-state index in [0.717, 1.165) is 63.3 Å². The number of carboxylic acids is 1. The largest absolute Gasteiger partial charge is 0.481 e. The molecule has 2 fully saturated rings. The Labute approximate surface area is 143 Å². The molecule has 2 aliphatic rings. The first-order chi connectivity index (χ1) is 11.6. The maximum Gasteiger partial charge on any atom is 0.306 e. The lowest BCUT2D eigenvalue weighted by atomic mass is 9.97. The second-order valence-corrected chi connectivity index (χ2v) is 6.69. The minimum atomic E-state index is -0.678. The molecule has 7 heteroatoms. The van der Waals surface area contributed by atoms with E-state index in [0.29, 0.717) is 12.8 Å². The number of carboxylic acid groups (broad SMARTS) is 1. The summed E-state index contributed by atoms with van der Waals surface area (Å²) in [7, 11) is 0. The lowest BCUT2D eigenvalue weighted by Crippen LogP contribution is -2.47. The summed E-state index contributed by atoms with van der Waals surface area (Å²) in [6, 6.07) is 2.01. The molecule has 3 rings (SSSR count). The minimum Gasteiger partial charge on any atom is -0.481 e. The van der Waals surface area contributed by atoms with Gasteiger partial charge >= 0.3 is 5.97 Å². The Bertz CT molecular complexity index is 578. The predicted octanol–water partition coefficient (Wildman–Crippen LogP) is 1.23. The van der Waals surface area contributed by atoms with E-state index in [-0.39, 0.29) is 5.92 Å². The number of hydrogen-bond donors (Lipinski definition) is 1. The van der Waals surface area contributed by atoms with E-state index in [1.54, 1.807) is 0 Å². The van der Waals surface area contributed by atoms with Crippen LogP contribution < -0.4 is 9.80 Å². The molecule has 1 aromatic heterocycles. The van der Waals surface area contributed by atoms with Crippen molar-refractivity contribution in [2.24, 2.45) is 5.92 Å². The fraction of sp³-hybridized carbons (Fsp3) is 0.706. The van der Waals surface area contributed by atoms with Gasteiger partial charge in [0.1, 0.15) is 5.82 Å². The van der Waals surface area contributed by atoms with Gasteiger partial charge < -0.3 is 19.8 Å². The first-order valence-corrected chi connectivity index (χ1v) is 8.87. The molecule has 132 valence electrons. The summed E-state index contributed by atoms with van der Waals surface area (Å²) in [5.41, 5.74) is 0.966. The van der Waals surface area contributed by atoms with Gasteiger partial charge in [0.15, 0.2) is 0 Å². The fourth-order valence-corrected chi connectivity index (χ4v) is 3.46. The van der Waals surface area contributed by atoms with E-state index in [9.17, 15) is 4.79 Å². The molecule has 0 radical (unpaired) electrons. The lowest BCUT2D eigenvalue weighted by molar-refractivity contribution is -0.142. The smallest absolute Gasteiger partial charge is 0.306 e. The van der Waals surface area contributed by atoms with Gasteiger partial charge in [0.25, 0.3) is 0 Å². The molecule has 0 amide bonds. The SMILES string of the molecule is CCN1CCN(c2nc(C)cc(N3CCC(C(=O)O)CC3)n2)CC1. The Morgan fingerprint density at radius 2 is 1.79 bits per heavy atom. The minimum absolute atomic E-state index is 0.217. The van der Waals surface area contributed by atoms with E-state index >= 15 is 0 Å². The highest BCUT2D eigenvalue weighted by Crippen LogP contribution is 2.24. The third-order valence-corrected chi connectivity index (χ3v) is 5.10. The van der Waals surface area contributed by atoms with Gasteiger partial charge in [0, 0.05) is 51.0 Å². The summed E-state index contributed by atoms with van der Waals surface area (Å²) in [6.07, 6.45) is 1.37. The first kappa shape index (κ1) is 17.0. The van der Waals surface area contributed by atoms with Crippen LogP contribution in [0.5, 0.6) is 0 Å². The van der Waals surface area contributed by atoms with Crippen molar-refractivity contribution in [3.05, 3.63) is 11.8 Å². The lowest BCUT2D eigenvalue weighted by Gasteiger charge is -2.35. The molecule has 0 aromatic carbocycles. The van der Waals surface area contributed by atoms with E-state index in [4.69, 9.17) is 10.1 Å². The maximum absolute atomic E-state index is 11.1. The molecule has 0 unspecified atom stereocenters. The number of piperazine rings is 1. The van der Waals surface area contributed by atoms with Gasteiger partial charge in [-0.25, -0.2) is 4.98 Å². The summed E-state index contributed by atoms with van der Waals surface area (Å²) in [4.78, 5) is 27.4. The highest BCUT2D eigenvalue weighted by Gasteiger charge is 2.26. The number of anilines is 2. The van der Waals surface area contributed by atoms with Crippen LogP contribution in [-0.4, -0.2) is 71.8 Å². The van der Waals surface area contributed by atoms with E-state index < -0.39 is 5.97 Å². The zero-order valence-electron chi connectivity index (χ0n) is 14.6. The van der Waals surface area contributed by atoms with Crippen LogP contribution in [0.25, 0.3) is 0 Å². The molecule has 1 N–H and O–H groups in total. The highest BCUT2D eigenvalue weighted by atomic mass is 16.4. The van der Waals surface area contributed by atoms with Crippen molar-refractivity contribution in [3.63, 3.8) is 0 Å². The molecule has 7 nitrogen and oxygen atoms in total. The van der Waals surface area contributed by atoms with Crippen molar-refractivity contribution in [3.8, 4) is 0 Å². The number of likely N-dealkylation sites (N-methyl/N-ethyl adjacent to an activating group) is 1. The predicted molar refractivity (Wildman–Crippen MR) is 93.7 cm³/mol. The van der Waals surface area contributed by atoms with Crippen LogP contribution in [0, 0.1) is 12.8 Å². The average molecular weight is 333 g/mol. The van der Waals surface area contributed by atoms with E-state index in [2.05, 4.69) is 26.6 Å². The van der Waals surface area contributed by atoms with Gasteiger partial charge in [0.2, 0.25) is 5.95 Å². The van der Waals surface area contributed by atoms with Crippen LogP contribution in [0.1, 0.15) is 25.5 Å². The van der Waals surface area contributed by atoms with Crippen LogP contribution >= 0.6 is 0 Å². The van der Waals surface area contributed by atoms with Crippen molar-refractivity contribution < 1.29 is 9.90 Å². The summed E-state index contributed by atoms with van der Waals surface area (Å²) >= 11 is 0. The van der Waals surface area contributed by atoms with Crippen molar-refractivity contribution in [1.29, 1.82) is 0 Å². The molecule has 0 bridgehead atoms. The number of rotatable bonds is 4. The summed E-state index contributed by atoms with van der Waals surface area (Å²) in [5, 5.41) is 9.14. The Morgan fingerprint density at radius 3 is 2.38 bits per heavy atom. The molecular formula is C17H27N5O2. The Kier molecular flexibility index (Phi) is 5.18. The average Bonchev–Trinajstić information content (AvgIpc) is 2.61. The van der Waals surface area contributed by atoms with E-state index in [1.807, 2.05) is 13.0 Å². The number of aromatic nitrogens is 2. The van der Waals surface area contributed by atoms with Crippen molar-refractivity contribution in [2.75, 3.05) is 55.6 Å². The summed E-state index contributed by atoms with van der Waals surface area (Å²) < 4.78 is 0. The number of hydrogen-bond acceptors (Lipinski definition) is 6. The zero-order chi connectivity index (χ0) is 17.1. The van der Waals surface area contributed by atoms with Crippen LogP contribution in [0.2, 0.25) is 0 Å². The molecule has 0 spiro atoms. The van der Waals surface area contributed by atoms with Crippen molar-refractivity contribution >= 4 is 17.7 Å². The Balaban J connectivity index is 1.69. The quantitative estimate of drug-likeness (QED) is 0.888. The first-order valence-electron chi connectivity index (χ1n) is 8.87. The number of carbonyl (C=O) groups is 1. The van der Waals surface area contributed by atoms with Gasteiger partial charge in [-0.2, -0.15) is 4.98 Å². The maximum atomic E-state index is 11.1. The van der Waals surface area contributed by atoms with Crippen LogP contribution in [0.4, 0.5) is 11.8 Å². The van der Waals surface area contributed by atoms with Gasteiger partial charge in [-0.1, -0.05) is 6.92 Å². The van der Waals surface area contributed by atoms with E-state index in [1.165, 1.54) is 0 Å². The molecule has 24 heavy (non-hydrogen) atoms. The highest BCUT2D eigenvalue weighted by molar-refractivity contribution is 5.70. The number of piperidine rings is 1. The zero-order valence-corrected chi connectivity index (χ0v) is 14.6. The number of aryl methyl sites for hydroxylation is 1. The molecule has 2 aliphatic heterocycles. The topological polar surface area (TPSA) is 72.8 Å².